The third-order valence-corrected chi connectivity index (χ3v) is 2.27. The molecule has 6 heteroatoms. The van der Waals surface area contributed by atoms with Gasteiger partial charge in [0.1, 0.15) is 24.2 Å². The number of nitrogens with two attached hydrogens (primary N) is 1. The van der Waals surface area contributed by atoms with Gasteiger partial charge in [0.25, 0.3) is 0 Å². The molecule has 6 nitrogen and oxygen atoms in total. The molecule has 0 radical (unpaired) electrons. The molecule has 0 aliphatic carbocycles. The molecule has 0 heterocycles. The monoisotopic (exact) mass is 254 g/mol. The van der Waals surface area contributed by atoms with Gasteiger partial charge in [-0.05, 0) is 24.3 Å². The van der Waals surface area contributed by atoms with Crippen LogP contribution < -0.4 is 20.5 Å². The summed E-state index contributed by atoms with van der Waals surface area (Å²) in [5.41, 5.74) is 4.90. The standard InChI is InChI=1S/C12H18N2O4/c1-17-9-2-4-10(5-3-9)18-7-6-14-8-11(15)12(13)16/h2-5,11,14-15H,6-8H2,1H3,(H2,13,16). The number of aliphatic hydroxyl groups is 1. The summed E-state index contributed by atoms with van der Waals surface area (Å²) < 4.78 is 10.5. The van der Waals surface area contributed by atoms with Gasteiger partial charge in [0.05, 0.1) is 7.11 Å². The first-order valence-electron chi connectivity index (χ1n) is 5.58. The maximum atomic E-state index is 10.5. The van der Waals surface area contributed by atoms with Crippen LogP contribution in [0.1, 0.15) is 0 Å². The highest BCUT2D eigenvalue weighted by Crippen LogP contribution is 2.16. The molecule has 0 saturated carbocycles. The van der Waals surface area contributed by atoms with Crippen LogP contribution in [0.4, 0.5) is 0 Å². The number of hydrogen-bond donors (Lipinski definition) is 3. The van der Waals surface area contributed by atoms with E-state index in [1.54, 1.807) is 31.4 Å². The topological polar surface area (TPSA) is 93.8 Å². The van der Waals surface area contributed by atoms with Crippen LogP contribution in [0.5, 0.6) is 11.5 Å². The van der Waals surface area contributed by atoms with Gasteiger partial charge in [-0.25, -0.2) is 0 Å². The largest absolute Gasteiger partial charge is 0.497 e. The zero-order valence-corrected chi connectivity index (χ0v) is 10.3. The molecule has 1 unspecified atom stereocenters. The Balaban J connectivity index is 2.15. The molecule has 0 aliphatic rings. The van der Waals surface area contributed by atoms with Gasteiger partial charge in [-0.1, -0.05) is 0 Å². The maximum absolute atomic E-state index is 10.5. The molecule has 0 aliphatic heterocycles. The number of benzene rings is 1. The molecule has 0 saturated heterocycles. The zero-order valence-electron chi connectivity index (χ0n) is 10.3. The Kier molecular flexibility index (Phi) is 5.96. The quantitative estimate of drug-likeness (QED) is 0.544. The minimum atomic E-state index is -1.16. The molecule has 0 bridgehead atoms. The van der Waals surface area contributed by atoms with Crippen LogP contribution in [0.15, 0.2) is 24.3 Å². The smallest absolute Gasteiger partial charge is 0.247 e. The van der Waals surface area contributed by atoms with Crippen molar-refractivity contribution in [2.75, 3.05) is 26.8 Å². The molecular weight excluding hydrogens is 236 g/mol. The van der Waals surface area contributed by atoms with Crippen molar-refractivity contribution in [2.24, 2.45) is 5.73 Å². The zero-order chi connectivity index (χ0) is 13.4. The van der Waals surface area contributed by atoms with Crippen LogP contribution in [-0.2, 0) is 4.79 Å². The lowest BCUT2D eigenvalue weighted by molar-refractivity contribution is -0.125. The Morgan fingerprint density at radius 1 is 1.39 bits per heavy atom. The van der Waals surface area contributed by atoms with Crippen molar-refractivity contribution in [2.45, 2.75) is 6.10 Å². The number of primary amides is 1. The summed E-state index contributed by atoms with van der Waals surface area (Å²) in [6.07, 6.45) is -1.16. The van der Waals surface area contributed by atoms with E-state index in [1.165, 1.54) is 0 Å². The Hall–Kier alpha value is -1.79. The number of amides is 1. The summed E-state index contributed by atoms with van der Waals surface area (Å²) in [5.74, 6) is 0.761. The van der Waals surface area contributed by atoms with Gasteiger partial charge < -0.3 is 25.6 Å². The Bertz CT molecular complexity index is 367. The average Bonchev–Trinajstić information content (AvgIpc) is 2.38. The summed E-state index contributed by atoms with van der Waals surface area (Å²) in [5, 5.41) is 12.0. The van der Waals surface area contributed by atoms with E-state index in [1.807, 2.05) is 0 Å². The van der Waals surface area contributed by atoms with E-state index in [9.17, 15) is 4.79 Å². The highest BCUT2D eigenvalue weighted by Gasteiger charge is 2.08. The van der Waals surface area contributed by atoms with E-state index in [-0.39, 0.29) is 6.54 Å². The van der Waals surface area contributed by atoms with E-state index >= 15 is 0 Å². The molecule has 0 spiro atoms. The van der Waals surface area contributed by atoms with Crippen LogP contribution in [0, 0.1) is 0 Å². The summed E-state index contributed by atoms with van der Waals surface area (Å²) in [4.78, 5) is 10.5. The van der Waals surface area contributed by atoms with E-state index in [0.717, 1.165) is 11.5 Å². The van der Waals surface area contributed by atoms with Crippen LogP contribution in [0.3, 0.4) is 0 Å². The minimum Gasteiger partial charge on any atom is -0.497 e. The van der Waals surface area contributed by atoms with Crippen molar-refractivity contribution in [3.05, 3.63) is 24.3 Å². The molecule has 0 aromatic heterocycles. The van der Waals surface area contributed by atoms with Gasteiger partial charge in [0.15, 0.2) is 0 Å². The van der Waals surface area contributed by atoms with Crippen molar-refractivity contribution in [3.63, 3.8) is 0 Å². The maximum Gasteiger partial charge on any atom is 0.247 e. The fourth-order valence-electron chi connectivity index (χ4n) is 1.25. The van der Waals surface area contributed by atoms with Crippen LogP contribution in [-0.4, -0.2) is 43.9 Å². The van der Waals surface area contributed by atoms with E-state index in [4.69, 9.17) is 20.3 Å². The van der Waals surface area contributed by atoms with E-state index < -0.39 is 12.0 Å². The number of aliphatic hydroxyl groups excluding tert-OH is 1. The minimum absolute atomic E-state index is 0.126. The van der Waals surface area contributed by atoms with Crippen LogP contribution >= 0.6 is 0 Å². The number of ether oxygens (including phenoxy) is 2. The SMILES string of the molecule is COc1ccc(OCCNCC(O)C(N)=O)cc1. The third-order valence-electron chi connectivity index (χ3n) is 2.27. The fraction of sp³-hybridized carbons (Fsp3) is 0.417. The van der Waals surface area contributed by atoms with Gasteiger partial charge in [-0.15, -0.1) is 0 Å². The predicted molar refractivity (Wildman–Crippen MR) is 66.6 cm³/mol. The molecule has 1 rings (SSSR count). The summed E-state index contributed by atoms with van der Waals surface area (Å²) in [6, 6.07) is 7.22. The van der Waals surface area contributed by atoms with Crippen molar-refractivity contribution in [3.8, 4) is 11.5 Å². The molecule has 1 amide bonds. The molecule has 100 valence electrons. The first-order chi connectivity index (χ1) is 8.63. The second-order valence-corrected chi connectivity index (χ2v) is 3.65. The highest BCUT2D eigenvalue weighted by molar-refractivity contribution is 5.78. The average molecular weight is 254 g/mol. The number of carbonyl (C=O) groups excluding carboxylic acids is 1. The second-order valence-electron chi connectivity index (χ2n) is 3.65. The van der Waals surface area contributed by atoms with E-state index in [2.05, 4.69) is 5.32 Å². The molecule has 1 aromatic rings. The number of hydrogen-bond acceptors (Lipinski definition) is 5. The molecule has 18 heavy (non-hydrogen) atoms. The number of nitrogens with one attached hydrogen (secondary N) is 1. The lowest BCUT2D eigenvalue weighted by Crippen LogP contribution is -2.38. The summed E-state index contributed by atoms with van der Waals surface area (Å²) >= 11 is 0. The van der Waals surface area contributed by atoms with Crippen molar-refractivity contribution >= 4 is 5.91 Å². The van der Waals surface area contributed by atoms with Gasteiger partial charge >= 0.3 is 0 Å². The number of methoxy groups -OCH3 is 1. The first-order valence-corrected chi connectivity index (χ1v) is 5.58. The van der Waals surface area contributed by atoms with Gasteiger partial charge in [-0.2, -0.15) is 0 Å². The summed E-state index contributed by atoms with van der Waals surface area (Å²) in [7, 11) is 1.60. The van der Waals surface area contributed by atoms with Gasteiger partial charge in [0, 0.05) is 13.1 Å². The van der Waals surface area contributed by atoms with E-state index in [0.29, 0.717) is 13.2 Å². The van der Waals surface area contributed by atoms with Gasteiger partial charge in [-0.3, -0.25) is 4.79 Å². The highest BCUT2D eigenvalue weighted by atomic mass is 16.5. The van der Waals surface area contributed by atoms with Crippen molar-refractivity contribution in [1.29, 1.82) is 0 Å². The number of carbonyl (C=O) groups is 1. The fourth-order valence-corrected chi connectivity index (χ4v) is 1.25. The van der Waals surface area contributed by atoms with Gasteiger partial charge in [0.2, 0.25) is 5.91 Å². The van der Waals surface area contributed by atoms with Crippen LogP contribution in [0.2, 0.25) is 0 Å². The molecular formula is C12H18N2O4. The second kappa shape index (κ2) is 7.52. The van der Waals surface area contributed by atoms with Crippen molar-refractivity contribution in [1.82, 2.24) is 5.32 Å². The van der Waals surface area contributed by atoms with Crippen LogP contribution in [0.25, 0.3) is 0 Å². The molecule has 1 atom stereocenters. The Labute approximate surface area is 106 Å². The Morgan fingerprint density at radius 3 is 2.56 bits per heavy atom. The first kappa shape index (κ1) is 14.3. The molecule has 4 N–H and O–H groups in total. The Morgan fingerprint density at radius 2 is 2.00 bits per heavy atom. The van der Waals surface area contributed by atoms with Crippen molar-refractivity contribution < 1.29 is 19.4 Å². The summed E-state index contributed by atoms with van der Waals surface area (Å²) in [6.45, 7) is 1.06. The predicted octanol–water partition coefficient (Wildman–Crippen LogP) is -0.490. The lowest BCUT2D eigenvalue weighted by Gasteiger charge is -2.09. The normalized spacial score (nSPS) is 11.9. The third kappa shape index (κ3) is 5.03. The lowest BCUT2D eigenvalue weighted by atomic mass is 10.3. The molecule has 0 fully saturated rings. The molecule has 1 aromatic carbocycles. The number of rotatable bonds is 8.